The zero-order chi connectivity index (χ0) is 15.9. The molecule has 6 nitrogen and oxygen atoms in total. The van der Waals surface area contributed by atoms with Gasteiger partial charge >= 0.3 is 0 Å². The van der Waals surface area contributed by atoms with Crippen LogP contribution in [-0.4, -0.2) is 16.6 Å². The molecule has 0 N–H and O–H groups in total. The van der Waals surface area contributed by atoms with Crippen LogP contribution in [0.5, 0.6) is 0 Å². The summed E-state index contributed by atoms with van der Waals surface area (Å²) in [5.74, 6) is -1.25. The number of nitro benzene ring substituents is 1. The summed E-state index contributed by atoms with van der Waals surface area (Å²) in [7, 11) is 0. The van der Waals surface area contributed by atoms with E-state index < -0.39 is 16.6 Å². The summed E-state index contributed by atoms with van der Waals surface area (Å²) in [6.45, 7) is 0.00208. The molecule has 0 atom stereocenters. The molecular formula is C15H9ClN2O4. The van der Waals surface area contributed by atoms with Crippen LogP contribution in [-0.2, 0) is 11.3 Å². The number of rotatable bonds is 3. The number of carbonyl (C=O) groups excluding carboxylic acids is 2. The van der Waals surface area contributed by atoms with Gasteiger partial charge in [0.1, 0.15) is 0 Å². The van der Waals surface area contributed by atoms with Gasteiger partial charge in [-0.05, 0) is 23.8 Å². The summed E-state index contributed by atoms with van der Waals surface area (Å²) in [6, 6.07) is 10.6. The monoisotopic (exact) mass is 316 g/mol. The number of hydrogen-bond acceptors (Lipinski definition) is 4. The number of benzene rings is 2. The Morgan fingerprint density at radius 1 is 1.14 bits per heavy atom. The minimum Gasteiger partial charge on any atom is -0.300 e. The Hall–Kier alpha value is -2.73. The van der Waals surface area contributed by atoms with Crippen molar-refractivity contribution in [2.24, 2.45) is 0 Å². The van der Waals surface area contributed by atoms with Crippen LogP contribution in [0.3, 0.4) is 0 Å². The summed E-state index contributed by atoms with van der Waals surface area (Å²) in [6.07, 6.45) is 0. The van der Waals surface area contributed by atoms with Gasteiger partial charge in [-0.15, -0.1) is 0 Å². The number of fused-ring (bicyclic) bond motifs is 1. The average molecular weight is 317 g/mol. The lowest BCUT2D eigenvalue weighted by Crippen LogP contribution is -2.29. The van der Waals surface area contributed by atoms with E-state index in [4.69, 9.17) is 11.6 Å². The van der Waals surface area contributed by atoms with Crippen LogP contribution >= 0.6 is 11.6 Å². The van der Waals surface area contributed by atoms with Crippen molar-refractivity contribution >= 4 is 34.7 Å². The van der Waals surface area contributed by atoms with Crippen molar-refractivity contribution in [3.63, 3.8) is 0 Å². The maximum atomic E-state index is 12.1. The second-order valence-electron chi connectivity index (χ2n) is 4.77. The Labute approximate surface area is 130 Å². The van der Waals surface area contributed by atoms with E-state index in [0.29, 0.717) is 21.8 Å². The number of amides is 1. The van der Waals surface area contributed by atoms with E-state index >= 15 is 0 Å². The molecule has 0 fully saturated rings. The van der Waals surface area contributed by atoms with Crippen molar-refractivity contribution in [1.82, 2.24) is 0 Å². The molecule has 22 heavy (non-hydrogen) atoms. The normalized spacial score (nSPS) is 13.4. The molecule has 1 aliphatic rings. The first kappa shape index (κ1) is 14.2. The van der Waals surface area contributed by atoms with Gasteiger partial charge in [-0.2, -0.15) is 0 Å². The van der Waals surface area contributed by atoms with E-state index in [9.17, 15) is 19.7 Å². The SMILES string of the molecule is O=C1C(=O)N(Cc2cc([N+](=O)[O-])ccc2Cl)c2ccccc21. The smallest absolute Gasteiger partial charge is 0.299 e. The highest BCUT2D eigenvalue weighted by Crippen LogP contribution is 2.32. The number of para-hydroxylation sites is 1. The highest BCUT2D eigenvalue weighted by Gasteiger charge is 2.35. The molecule has 0 bridgehead atoms. The minimum atomic E-state index is -0.663. The second-order valence-corrected chi connectivity index (χ2v) is 5.18. The molecule has 0 saturated carbocycles. The van der Waals surface area contributed by atoms with Crippen LogP contribution in [0, 0.1) is 10.1 Å². The maximum Gasteiger partial charge on any atom is 0.299 e. The third kappa shape index (κ3) is 2.23. The molecule has 0 radical (unpaired) electrons. The number of halogens is 1. The zero-order valence-electron chi connectivity index (χ0n) is 11.2. The van der Waals surface area contributed by atoms with E-state index in [1.54, 1.807) is 24.3 Å². The molecule has 3 rings (SSSR count). The molecule has 1 amide bonds. The highest BCUT2D eigenvalue weighted by atomic mass is 35.5. The number of hydrogen-bond donors (Lipinski definition) is 0. The van der Waals surface area contributed by atoms with Crippen LogP contribution in [0.4, 0.5) is 11.4 Å². The molecule has 110 valence electrons. The van der Waals surface area contributed by atoms with E-state index in [0.717, 1.165) is 0 Å². The summed E-state index contributed by atoms with van der Waals surface area (Å²) in [4.78, 5) is 35.6. The number of nitrogens with zero attached hydrogens (tertiary/aromatic N) is 2. The molecule has 0 aliphatic carbocycles. The van der Waals surface area contributed by atoms with Crippen molar-refractivity contribution in [3.8, 4) is 0 Å². The zero-order valence-corrected chi connectivity index (χ0v) is 11.9. The van der Waals surface area contributed by atoms with Crippen molar-refractivity contribution in [2.75, 3.05) is 4.90 Å². The fourth-order valence-electron chi connectivity index (χ4n) is 2.37. The fourth-order valence-corrected chi connectivity index (χ4v) is 2.55. The molecular weight excluding hydrogens is 308 g/mol. The molecule has 2 aromatic rings. The van der Waals surface area contributed by atoms with Gasteiger partial charge in [0.25, 0.3) is 17.4 Å². The number of ketones is 1. The molecule has 0 aromatic heterocycles. The van der Waals surface area contributed by atoms with E-state index in [1.165, 1.54) is 23.1 Å². The third-order valence-corrected chi connectivity index (χ3v) is 3.82. The summed E-state index contributed by atoms with van der Waals surface area (Å²) in [5.41, 5.74) is 1.11. The van der Waals surface area contributed by atoms with Crippen LogP contribution in [0.15, 0.2) is 42.5 Å². The number of Topliss-reactive ketones (excluding diaryl/α,β-unsaturated/α-hetero) is 1. The Bertz CT molecular complexity index is 819. The number of anilines is 1. The summed E-state index contributed by atoms with van der Waals surface area (Å²) >= 11 is 6.05. The largest absolute Gasteiger partial charge is 0.300 e. The van der Waals surface area contributed by atoms with Crippen molar-refractivity contribution < 1.29 is 14.5 Å². The van der Waals surface area contributed by atoms with Gasteiger partial charge in [-0.25, -0.2) is 0 Å². The lowest BCUT2D eigenvalue weighted by atomic mass is 10.1. The minimum absolute atomic E-state index is 0.00208. The van der Waals surface area contributed by atoms with Crippen molar-refractivity contribution in [3.05, 3.63) is 68.7 Å². The first-order valence-corrected chi connectivity index (χ1v) is 6.75. The first-order valence-electron chi connectivity index (χ1n) is 6.37. The average Bonchev–Trinajstić information content (AvgIpc) is 2.74. The second kappa shape index (κ2) is 5.23. The van der Waals surface area contributed by atoms with Gasteiger partial charge in [0.05, 0.1) is 22.7 Å². The number of nitro groups is 1. The summed E-state index contributed by atoms with van der Waals surface area (Å²) < 4.78 is 0. The molecule has 0 spiro atoms. The molecule has 0 saturated heterocycles. The first-order chi connectivity index (χ1) is 10.5. The van der Waals surface area contributed by atoms with Gasteiger partial charge in [-0.1, -0.05) is 23.7 Å². The number of carbonyl (C=O) groups is 2. The van der Waals surface area contributed by atoms with Crippen molar-refractivity contribution in [2.45, 2.75) is 6.54 Å². The van der Waals surface area contributed by atoms with Gasteiger partial charge in [0.15, 0.2) is 0 Å². The fraction of sp³-hybridized carbons (Fsp3) is 0.0667. The quantitative estimate of drug-likeness (QED) is 0.495. The lowest BCUT2D eigenvalue weighted by Gasteiger charge is -2.17. The van der Waals surface area contributed by atoms with Crippen LogP contribution in [0.1, 0.15) is 15.9 Å². The van der Waals surface area contributed by atoms with Crippen LogP contribution < -0.4 is 4.90 Å². The predicted molar refractivity (Wildman–Crippen MR) is 80.1 cm³/mol. The Morgan fingerprint density at radius 2 is 1.86 bits per heavy atom. The molecule has 1 heterocycles. The third-order valence-electron chi connectivity index (χ3n) is 3.45. The van der Waals surface area contributed by atoms with Crippen molar-refractivity contribution in [1.29, 1.82) is 0 Å². The number of non-ortho nitro benzene ring substituents is 1. The van der Waals surface area contributed by atoms with Gasteiger partial charge in [0, 0.05) is 17.2 Å². The van der Waals surface area contributed by atoms with Crippen LogP contribution in [0.25, 0.3) is 0 Å². The van der Waals surface area contributed by atoms with E-state index in [-0.39, 0.29) is 12.2 Å². The Morgan fingerprint density at radius 3 is 2.59 bits per heavy atom. The standard InChI is InChI=1S/C15H9ClN2O4/c16-12-6-5-10(18(21)22)7-9(12)8-17-13-4-2-1-3-11(13)14(19)15(17)20/h1-7H,8H2. The topological polar surface area (TPSA) is 80.5 Å². The van der Waals surface area contributed by atoms with Crippen LogP contribution in [0.2, 0.25) is 5.02 Å². The molecule has 7 heteroatoms. The molecule has 2 aromatic carbocycles. The Balaban J connectivity index is 2.00. The summed E-state index contributed by atoms with van der Waals surface area (Å²) in [5, 5.41) is 11.1. The Kier molecular flexibility index (Phi) is 3.38. The van der Waals surface area contributed by atoms with Gasteiger partial charge in [0.2, 0.25) is 0 Å². The molecule has 0 unspecified atom stereocenters. The van der Waals surface area contributed by atoms with E-state index in [2.05, 4.69) is 0 Å². The highest BCUT2D eigenvalue weighted by molar-refractivity contribution is 6.52. The van der Waals surface area contributed by atoms with Gasteiger partial charge in [-0.3, -0.25) is 19.7 Å². The molecule has 1 aliphatic heterocycles. The van der Waals surface area contributed by atoms with Gasteiger partial charge < -0.3 is 4.90 Å². The van der Waals surface area contributed by atoms with E-state index in [1.807, 2.05) is 0 Å². The maximum absolute atomic E-state index is 12.1. The predicted octanol–water partition coefficient (Wildman–Crippen LogP) is 2.98. The lowest BCUT2D eigenvalue weighted by molar-refractivity contribution is -0.384.